The minimum absolute atomic E-state index is 0.139. The van der Waals surface area contributed by atoms with Crippen LogP contribution < -0.4 is 10.6 Å². The second-order valence-corrected chi connectivity index (χ2v) is 9.82. The molecule has 0 heterocycles. The highest BCUT2D eigenvalue weighted by molar-refractivity contribution is 5.93. The lowest BCUT2D eigenvalue weighted by molar-refractivity contribution is -0.142. The number of hydrogen-bond donors (Lipinski definition) is 3. The summed E-state index contributed by atoms with van der Waals surface area (Å²) in [5, 5.41) is 14.9. The number of alkyl carbamates (subject to hydrolysis) is 1. The molecule has 0 spiro atoms. The van der Waals surface area contributed by atoms with E-state index in [2.05, 4.69) is 10.6 Å². The van der Waals surface area contributed by atoms with Crippen molar-refractivity contribution in [2.24, 2.45) is 0 Å². The number of carboxylic acids is 1. The first-order chi connectivity index (χ1) is 13.8. The highest BCUT2D eigenvalue weighted by Gasteiger charge is 2.40. The standard InChI is InChI=1S/C20H37N3O8/c1-18(2,3)29-15(26)22-11-10-21-12-13(14(24)25)23(16(27)30-19(4,5)6)17(28)31-20(7,8)9/h13,21H,10-12H2,1-9H3,(H,22,26)(H,24,25)/t13-/m0/s1. The Bertz CT molecular complexity index is 616. The molecule has 0 aliphatic carbocycles. The van der Waals surface area contributed by atoms with Crippen LogP contribution in [0, 0.1) is 0 Å². The molecule has 3 N–H and O–H groups in total. The normalized spacial score (nSPS) is 13.1. The highest BCUT2D eigenvalue weighted by atomic mass is 16.6. The summed E-state index contributed by atoms with van der Waals surface area (Å²) in [6.45, 7) is 14.7. The number of imide groups is 1. The topological polar surface area (TPSA) is 144 Å². The fraction of sp³-hybridized carbons (Fsp3) is 0.800. The maximum Gasteiger partial charge on any atom is 0.420 e. The van der Waals surface area contributed by atoms with Gasteiger partial charge in [-0.05, 0) is 62.3 Å². The van der Waals surface area contributed by atoms with Crippen LogP contribution in [0.3, 0.4) is 0 Å². The third-order valence-corrected chi connectivity index (χ3v) is 3.08. The summed E-state index contributed by atoms with van der Waals surface area (Å²) in [5.41, 5.74) is -2.55. The first-order valence-electron chi connectivity index (χ1n) is 9.98. The van der Waals surface area contributed by atoms with E-state index in [4.69, 9.17) is 14.2 Å². The van der Waals surface area contributed by atoms with Crippen LogP contribution >= 0.6 is 0 Å². The summed E-state index contributed by atoms with van der Waals surface area (Å²) in [6, 6.07) is -1.59. The van der Waals surface area contributed by atoms with Crippen LogP contribution in [-0.2, 0) is 19.0 Å². The van der Waals surface area contributed by atoms with Crippen molar-refractivity contribution in [1.29, 1.82) is 0 Å². The van der Waals surface area contributed by atoms with Crippen LogP contribution in [0.15, 0.2) is 0 Å². The van der Waals surface area contributed by atoms with Crippen molar-refractivity contribution in [3.05, 3.63) is 0 Å². The molecular weight excluding hydrogens is 410 g/mol. The molecule has 11 heteroatoms. The molecular formula is C20H37N3O8. The van der Waals surface area contributed by atoms with Gasteiger partial charge < -0.3 is 30.0 Å². The fourth-order valence-corrected chi connectivity index (χ4v) is 2.05. The van der Waals surface area contributed by atoms with E-state index < -0.39 is 47.1 Å². The average Bonchev–Trinajstić information content (AvgIpc) is 2.47. The van der Waals surface area contributed by atoms with Crippen molar-refractivity contribution < 1.29 is 38.5 Å². The maximum atomic E-state index is 12.6. The van der Waals surface area contributed by atoms with Crippen LogP contribution in [-0.4, -0.2) is 76.7 Å². The molecule has 31 heavy (non-hydrogen) atoms. The van der Waals surface area contributed by atoms with E-state index in [1.807, 2.05) is 0 Å². The number of amides is 3. The van der Waals surface area contributed by atoms with Gasteiger partial charge >= 0.3 is 24.2 Å². The lowest BCUT2D eigenvalue weighted by atomic mass is 10.2. The number of nitrogens with one attached hydrogen (secondary N) is 2. The van der Waals surface area contributed by atoms with Crippen LogP contribution in [0.25, 0.3) is 0 Å². The molecule has 0 radical (unpaired) electrons. The Morgan fingerprint density at radius 3 is 1.55 bits per heavy atom. The molecule has 0 aliphatic rings. The number of ether oxygens (including phenoxy) is 3. The Morgan fingerprint density at radius 1 is 0.774 bits per heavy atom. The summed E-state index contributed by atoms with van der Waals surface area (Å²) in [7, 11) is 0. The van der Waals surface area contributed by atoms with E-state index >= 15 is 0 Å². The van der Waals surface area contributed by atoms with Crippen molar-refractivity contribution in [3.8, 4) is 0 Å². The van der Waals surface area contributed by atoms with Crippen molar-refractivity contribution in [3.63, 3.8) is 0 Å². The van der Waals surface area contributed by atoms with Crippen LogP contribution in [0.5, 0.6) is 0 Å². The molecule has 0 saturated heterocycles. The molecule has 0 bridgehead atoms. The lowest BCUT2D eigenvalue weighted by Crippen LogP contribution is -2.55. The van der Waals surface area contributed by atoms with E-state index in [0.717, 1.165) is 0 Å². The number of nitrogens with zero attached hydrogens (tertiary/aromatic N) is 1. The predicted molar refractivity (Wildman–Crippen MR) is 113 cm³/mol. The molecule has 0 aromatic carbocycles. The Balaban J connectivity index is 5.17. The zero-order valence-corrected chi connectivity index (χ0v) is 20.0. The highest BCUT2D eigenvalue weighted by Crippen LogP contribution is 2.17. The van der Waals surface area contributed by atoms with Gasteiger partial charge in [-0.15, -0.1) is 0 Å². The number of hydrogen-bond acceptors (Lipinski definition) is 8. The summed E-state index contributed by atoms with van der Waals surface area (Å²) in [5.74, 6) is -1.43. The number of aliphatic carboxylic acids is 1. The second kappa shape index (κ2) is 11.2. The van der Waals surface area contributed by atoms with E-state index in [1.165, 1.54) is 0 Å². The molecule has 11 nitrogen and oxygen atoms in total. The smallest absolute Gasteiger partial charge is 0.420 e. The molecule has 0 aromatic heterocycles. The van der Waals surface area contributed by atoms with Gasteiger partial charge in [0.1, 0.15) is 16.8 Å². The molecule has 0 rings (SSSR count). The van der Waals surface area contributed by atoms with Crippen LogP contribution in [0.1, 0.15) is 62.3 Å². The quantitative estimate of drug-likeness (QED) is 0.396. The zero-order valence-electron chi connectivity index (χ0n) is 20.0. The molecule has 0 aromatic rings. The minimum atomic E-state index is -1.59. The Hall–Kier alpha value is -2.56. The molecule has 0 unspecified atom stereocenters. The Kier molecular flexibility index (Phi) is 10.2. The Labute approximate surface area is 183 Å². The van der Waals surface area contributed by atoms with Gasteiger partial charge in [-0.1, -0.05) is 0 Å². The third kappa shape index (κ3) is 13.4. The van der Waals surface area contributed by atoms with Crippen molar-refractivity contribution in [1.82, 2.24) is 15.5 Å². The monoisotopic (exact) mass is 447 g/mol. The van der Waals surface area contributed by atoms with Gasteiger partial charge in [0.05, 0.1) is 0 Å². The number of carboxylic acid groups (broad SMARTS) is 1. The molecule has 1 atom stereocenters. The van der Waals surface area contributed by atoms with Crippen molar-refractivity contribution >= 4 is 24.2 Å². The van der Waals surface area contributed by atoms with E-state index in [0.29, 0.717) is 4.90 Å². The third-order valence-electron chi connectivity index (χ3n) is 3.08. The second-order valence-electron chi connectivity index (χ2n) is 9.82. The molecule has 0 fully saturated rings. The summed E-state index contributed by atoms with van der Waals surface area (Å²) in [4.78, 5) is 49.1. The van der Waals surface area contributed by atoms with Crippen LogP contribution in [0.2, 0.25) is 0 Å². The van der Waals surface area contributed by atoms with Crippen molar-refractivity contribution in [2.45, 2.75) is 85.2 Å². The Morgan fingerprint density at radius 2 is 1.19 bits per heavy atom. The minimum Gasteiger partial charge on any atom is -0.480 e. The molecule has 0 aliphatic heterocycles. The number of carbonyl (C=O) groups excluding carboxylic acids is 3. The first kappa shape index (κ1) is 28.4. The van der Waals surface area contributed by atoms with Gasteiger partial charge in [-0.25, -0.2) is 19.2 Å². The van der Waals surface area contributed by atoms with Gasteiger partial charge in [-0.2, -0.15) is 4.90 Å². The van der Waals surface area contributed by atoms with Crippen LogP contribution in [0.4, 0.5) is 14.4 Å². The van der Waals surface area contributed by atoms with Gasteiger partial charge in [-0.3, -0.25) is 0 Å². The molecule has 180 valence electrons. The molecule has 0 saturated carbocycles. The summed E-state index contributed by atoms with van der Waals surface area (Å²) in [6.07, 6.45) is -2.89. The fourth-order valence-electron chi connectivity index (χ4n) is 2.05. The maximum absolute atomic E-state index is 12.6. The largest absolute Gasteiger partial charge is 0.480 e. The predicted octanol–water partition coefficient (Wildman–Crippen LogP) is 2.73. The van der Waals surface area contributed by atoms with E-state index in [-0.39, 0.29) is 19.6 Å². The average molecular weight is 448 g/mol. The SMILES string of the molecule is CC(C)(C)OC(=O)NCCNC[C@@H](C(=O)O)N(C(=O)OC(C)(C)C)C(=O)OC(C)(C)C. The van der Waals surface area contributed by atoms with Gasteiger partial charge in [0.25, 0.3) is 0 Å². The summed E-state index contributed by atoms with van der Waals surface area (Å²) >= 11 is 0. The van der Waals surface area contributed by atoms with E-state index in [1.54, 1.807) is 62.3 Å². The zero-order chi connectivity index (χ0) is 24.6. The number of carbonyl (C=O) groups is 4. The first-order valence-corrected chi connectivity index (χ1v) is 9.98. The van der Waals surface area contributed by atoms with Gasteiger partial charge in [0.2, 0.25) is 0 Å². The van der Waals surface area contributed by atoms with E-state index in [9.17, 15) is 24.3 Å². The van der Waals surface area contributed by atoms with Gasteiger partial charge in [0.15, 0.2) is 6.04 Å². The summed E-state index contributed by atoms with van der Waals surface area (Å²) < 4.78 is 15.5. The van der Waals surface area contributed by atoms with Gasteiger partial charge in [0, 0.05) is 19.6 Å². The number of rotatable bonds is 7. The van der Waals surface area contributed by atoms with Crippen molar-refractivity contribution in [2.75, 3.05) is 19.6 Å². The lowest BCUT2D eigenvalue weighted by Gasteiger charge is -2.31. The molecule has 3 amide bonds.